The van der Waals surface area contributed by atoms with E-state index in [1.165, 1.54) is 36.2 Å². The van der Waals surface area contributed by atoms with Gasteiger partial charge < -0.3 is 10.2 Å². The van der Waals surface area contributed by atoms with Crippen LogP contribution in [0.25, 0.3) is 0 Å². The van der Waals surface area contributed by atoms with Crippen LogP contribution in [-0.4, -0.2) is 55.6 Å². The van der Waals surface area contributed by atoms with Gasteiger partial charge in [0.1, 0.15) is 6.04 Å². The molecule has 3 rings (SSSR count). The van der Waals surface area contributed by atoms with Crippen molar-refractivity contribution in [3.8, 4) is 0 Å². The molecule has 0 heterocycles. The van der Waals surface area contributed by atoms with Crippen LogP contribution in [0, 0.1) is 0 Å². The van der Waals surface area contributed by atoms with E-state index >= 15 is 0 Å². The zero-order valence-electron chi connectivity index (χ0n) is 22.0. The van der Waals surface area contributed by atoms with Crippen molar-refractivity contribution in [2.45, 2.75) is 43.7 Å². The molecular weight excluding hydrogens is 602 g/mol. The van der Waals surface area contributed by atoms with Crippen LogP contribution >= 0.6 is 27.5 Å². The van der Waals surface area contributed by atoms with Gasteiger partial charge in [0.2, 0.25) is 21.8 Å². The third kappa shape index (κ3) is 8.89. The first kappa shape index (κ1) is 30.8. The fourth-order valence-electron chi connectivity index (χ4n) is 4.04. The minimum atomic E-state index is -3.97. The summed E-state index contributed by atoms with van der Waals surface area (Å²) in [4.78, 5) is 28.9. The maximum atomic E-state index is 13.8. The third-order valence-electron chi connectivity index (χ3n) is 6.22. The smallest absolute Gasteiger partial charge is 0.243 e. The summed E-state index contributed by atoms with van der Waals surface area (Å²) in [6.07, 6.45) is 2.01. The molecule has 208 valence electrons. The average molecular weight is 635 g/mol. The minimum Gasteiger partial charge on any atom is -0.354 e. The summed E-state index contributed by atoms with van der Waals surface area (Å²) in [5, 5.41) is 3.37. The Morgan fingerprint density at radius 3 is 2.28 bits per heavy atom. The first-order chi connectivity index (χ1) is 18.6. The maximum Gasteiger partial charge on any atom is 0.243 e. The summed E-state index contributed by atoms with van der Waals surface area (Å²) in [7, 11) is -2.61. The third-order valence-corrected chi connectivity index (χ3v) is 8.79. The van der Waals surface area contributed by atoms with Crippen LogP contribution in [0.4, 0.5) is 0 Å². The van der Waals surface area contributed by atoms with E-state index in [4.69, 9.17) is 11.6 Å². The van der Waals surface area contributed by atoms with Gasteiger partial charge in [-0.2, -0.15) is 4.31 Å². The largest absolute Gasteiger partial charge is 0.354 e. The molecule has 39 heavy (non-hydrogen) atoms. The molecule has 7 nitrogen and oxygen atoms in total. The second kappa shape index (κ2) is 14.6. The Balaban J connectivity index is 1.95. The number of benzene rings is 3. The van der Waals surface area contributed by atoms with Crippen LogP contribution in [0.3, 0.4) is 0 Å². The van der Waals surface area contributed by atoms with E-state index in [1.807, 2.05) is 61.5 Å². The van der Waals surface area contributed by atoms with Gasteiger partial charge in [0, 0.05) is 36.1 Å². The van der Waals surface area contributed by atoms with E-state index in [0.717, 1.165) is 32.7 Å². The van der Waals surface area contributed by atoms with Gasteiger partial charge in [-0.05, 0) is 53.9 Å². The predicted molar refractivity (Wildman–Crippen MR) is 158 cm³/mol. The van der Waals surface area contributed by atoms with Crippen LogP contribution in [0.1, 0.15) is 30.9 Å². The number of nitrogens with zero attached hydrogens (tertiary/aromatic N) is 2. The van der Waals surface area contributed by atoms with Gasteiger partial charge in [-0.3, -0.25) is 9.59 Å². The van der Waals surface area contributed by atoms with Crippen molar-refractivity contribution in [1.82, 2.24) is 14.5 Å². The molecule has 0 aromatic heterocycles. The number of hydrogen-bond acceptors (Lipinski definition) is 4. The van der Waals surface area contributed by atoms with Gasteiger partial charge in [0.05, 0.1) is 11.4 Å². The quantitative estimate of drug-likeness (QED) is 0.259. The highest BCUT2D eigenvalue weighted by Gasteiger charge is 2.33. The van der Waals surface area contributed by atoms with Crippen LogP contribution in [-0.2, 0) is 32.6 Å². The number of unbranched alkanes of at least 4 members (excludes halogenated alkanes) is 1. The van der Waals surface area contributed by atoms with Crippen molar-refractivity contribution in [2.75, 3.05) is 20.1 Å². The van der Waals surface area contributed by atoms with E-state index in [-0.39, 0.29) is 23.8 Å². The molecule has 3 aromatic carbocycles. The molecule has 0 unspecified atom stereocenters. The normalized spacial score (nSPS) is 12.2. The number of rotatable bonds is 13. The monoisotopic (exact) mass is 633 g/mol. The maximum absolute atomic E-state index is 13.8. The molecule has 1 N–H and O–H groups in total. The lowest BCUT2D eigenvalue weighted by Gasteiger charge is -2.32. The molecule has 0 saturated heterocycles. The lowest BCUT2D eigenvalue weighted by Crippen LogP contribution is -2.53. The highest BCUT2D eigenvalue weighted by molar-refractivity contribution is 9.10. The first-order valence-electron chi connectivity index (χ1n) is 12.7. The molecule has 10 heteroatoms. The van der Waals surface area contributed by atoms with Crippen LogP contribution in [0.15, 0.2) is 88.2 Å². The van der Waals surface area contributed by atoms with E-state index in [9.17, 15) is 18.0 Å². The van der Waals surface area contributed by atoms with E-state index in [0.29, 0.717) is 11.6 Å². The second-order valence-corrected chi connectivity index (χ2v) is 12.6. The predicted octanol–water partition coefficient (Wildman–Crippen LogP) is 5.28. The Morgan fingerprint density at radius 1 is 0.974 bits per heavy atom. The number of likely N-dealkylation sites (N-methyl/N-ethyl adjacent to an activating group) is 1. The molecule has 2 amide bonds. The Labute approximate surface area is 244 Å². The Hall–Kier alpha value is -2.72. The summed E-state index contributed by atoms with van der Waals surface area (Å²) in [5.74, 6) is -0.763. The molecule has 0 spiro atoms. The summed E-state index contributed by atoms with van der Waals surface area (Å²) in [6, 6.07) is 21.9. The zero-order chi connectivity index (χ0) is 28.4. The van der Waals surface area contributed by atoms with E-state index in [1.54, 1.807) is 0 Å². The highest BCUT2D eigenvalue weighted by atomic mass is 79.9. The topological polar surface area (TPSA) is 86.8 Å². The number of carbonyl (C=O) groups excluding carboxylic acids is 2. The van der Waals surface area contributed by atoms with Gasteiger partial charge in [-0.15, -0.1) is 0 Å². The molecule has 0 aliphatic carbocycles. The fourth-order valence-corrected chi connectivity index (χ4v) is 5.74. The van der Waals surface area contributed by atoms with Crippen molar-refractivity contribution >= 4 is 49.4 Å². The molecule has 0 radical (unpaired) electrons. The number of halogens is 2. The van der Waals surface area contributed by atoms with Gasteiger partial charge in [0.25, 0.3) is 0 Å². The van der Waals surface area contributed by atoms with Crippen molar-refractivity contribution in [2.24, 2.45) is 0 Å². The first-order valence-corrected chi connectivity index (χ1v) is 15.3. The number of nitrogens with one attached hydrogen (secondary N) is 1. The Bertz CT molecular complexity index is 1350. The minimum absolute atomic E-state index is 0.0267. The average Bonchev–Trinajstić information content (AvgIpc) is 2.91. The summed E-state index contributed by atoms with van der Waals surface area (Å²) in [6.45, 7) is 2.22. The molecule has 0 aliphatic rings. The summed E-state index contributed by atoms with van der Waals surface area (Å²) in [5.41, 5.74) is 1.70. The van der Waals surface area contributed by atoms with Crippen molar-refractivity contribution < 1.29 is 18.0 Å². The SMILES string of the molecule is CCCCNC(=O)[C@@H](Cc1ccccc1)N(Cc1cccc(Br)c1)C(=O)CN(C)S(=O)(=O)c1ccc(Cl)cc1. The molecule has 0 fully saturated rings. The Kier molecular flexibility index (Phi) is 11.5. The number of hydrogen-bond donors (Lipinski definition) is 1. The van der Waals surface area contributed by atoms with Crippen LogP contribution < -0.4 is 5.32 Å². The fraction of sp³-hybridized carbons (Fsp3) is 0.310. The molecule has 0 aliphatic heterocycles. The summed E-state index contributed by atoms with van der Waals surface area (Å²) < 4.78 is 28.2. The van der Waals surface area contributed by atoms with Gasteiger partial charge in [0.15, 0.2) is 0 Å². The molecule has 1 atom stereocenters. The number of carbonyl (C=O) groups is 2. The lowest BCUT2D eigenvalue weighted by atomic mass is 10.0. The van der Waals surface area contributed by atoms with Gasteiger partial charge >= 0.3 is 0 Å². The second-order valence-electron chi connectivity index (χ2n) is 9.22. The van der Waals surface area contributed by atoms with Crippen LogP contribution in [0.5, 0.6) is 0 Å². The number of amides is 2. The van der Waals surface area contributed by atoms with Gasteiger partial charge in [-0.1, -0.05) is 83.3 Å². The number of sulfonamides is 1. The molecular formula is C29H33BrClN3O4S. The lowest BCUT2D eigenvalue weighted by molar-refractivity contribution is -0.141. The van der Waals surface area contributed by atoms with Crippen molar-refractivity contribution in [3.05, 3.63) is 99.5 Å². The van der Waals surface area contributed by atoms with Crippen LogP contribution in [0.2, 0.25) is 5.02 Å². The Morgan fingerprint density at radius 2 is 1.64 bits per heavy atom. The van der Waals surface area contributed by atoms with Gasteiger partial charge in [-0.25, -0.2) is 8.42 Å². The van der Waals surface area contributed by atoms with E-state index in [2.05, 4.69) is 21.2 Å². The molecule has 0 saturated carbocycles. The van der Waals surface area contributed by atoms with Crippen molar-refractivity contribution in [3.63, 3.8) is 0 Å². The standard InChI is InChI=1S/C29H33BrClN3O4S/c1-3-4-17-32-29(36)27(19-22-9-6-5-7-10-22)34(20-23-11-8-12-24(30)18-23)28(35)21-33(2)39(37,38)26-15-13-25(31)14-16-26/h5-16,18,27H,3-4,17,19-21H2,1-2H3,(H,32,36)/t27-/m1/s1. The van der Waals surface area contributed by atoms with Crippen molar-refractivity contribution in [1.29, 1.82) is 0 Å². The zero-order valence-corrected chi connectivity index (χ0v) is 25.2. The summed E-state index contributed by atoms with van der Waals surface area (Å²) >= 11 is 9.39. The highest BCUT2D eigenvalue weighted by Crippen LogP contribution is 2.21. The van der Waals surface area contributed by atoms with E-state index < -0.39 is 28.5 Å². The molecule has 3 aromatic rings. The molecule has 0 bridgehead atoms.